The van der Waals surface area contributed by atoms with Crippen molar-refractivity contribution in [3.8, 4) is 29.4 Å². The quantitative estimate of drug-likeness (QED) is 0.315. The van der Waals surface area contributed by atoms with Gasteiger partial charge in [-0.2, -0.15) is 5.26 Å². The highest BCUT2D eigenvalue weighted by molar-refractivity contribution is 6.30. The lowest BCUT2D eigenvalue weighted by atomic mass is 9.74. The number of nitrogens with zero attached hydrogens (tertiary/aromatic N) is 3. The SMILES string of the molecule is CC[C@@]12O[C@@](CCOc3ccc(Cl)cn3)(C[C@H]1OC)c1c2c(O)n(-c2ccc(C#N)c3ccccc23)c1O. The molecule has 4 aromatic rings. The van der Waals surface area contributed by atoms with E-state index in [0.29, 0.717) is 52.5 Å². The summed E-state index contributed by atoms with van der Waals surface area (Å²) >= 11 is 5.94. The Hall–Kier alpha value is -3.77. The van der Waals surface area contributed by atoms with E-state index >= 15 is 0 Å². The second-order valence-electron chi connectivity index (χ2n) is 9.70. The van der Waals surface area contributed by atoms with Crippen LogP contribution in [0.5, 0.6) is 17.6 Å². The first-order valence-electron chi connectivity index (χ1n) is 12.5. The highest BCUT2D eigenvalue weighted by Crippen LogP contribution is 2.67. The molecule has 0 amide bonds. The molecule has 6 rings (SSSR count). The summed E-state index contributed by atoms with van der Waals surface area (Å²) in [4.78, 5) is 4.19. The maximum absolute atomic E-state index is 11.7. The summed E-state index contributed by atoms with van der Waals surface area (Å²) in [7, 11) is 1.63. The first kappa shape index (κ1) is 24.6. The zero-order chi connectivity index (χ0) is 26.7. The van der Waals surface area contributed by atoms with Gasteiger partial charge in [0.05, 0.1) is 46.2 Å². The molecular weight excluding hydrogens is 506 g/mol. The Morgan fingerprint density at radius 3 is 2.58 bits per heavy atom. The van der Waals surface area contributed by atoms with Gasteiger partial charge in [0.2, 0.25) is 17.6 Å². The third-order valence-corrected chi connectivity index (χ3v) is 8.16. The first-order valence-corrected chi connectivity index (χ1v) is 12.8. The number of benzene rings is 2. The van der Waals surface area contributed by atoms with Gasteiger partial charge < -0.3 is 24.4 Å². The predicted molar refractivity (Wildman–Crippen MR) is 141 cm³/mol. The van der Waals surface area contributed by atoms with Crippen LogP contribution in [0, 0.1) is 11.3 Å². The monoisotopic (exact) mass is 531 g/mol. The van der Waals surface area contributed by atoms with Gasteiger partial charge in [-0.3, -0.25) is 4.57 Å². The first-order chi connectivity index (χ1) is 18.4. The molecule has 2 aromatic carbocycles. The van der Waals surface area contributed by atoms with E-state index in [0.717, 1.165) is 10.8 Å². The van der Waals surface area contributed by atoms with Crippen molar-refractivity contribution in [2.45, 2.75) is 43.5 Å². The van der Waals surface area contributed by atoms with E-state index in [1.54, 1.807) is 31.4 Å². The van der Waals surface area contributed by atoms with Crippen molar-refractivity contribution in [2.75, 3.05) is 13.7 Å². The normalized spacial score (nSPS) is 23.5. The third kappa shape index (κ3) is 3.33. The second-order valence-corrected chi connectivity index (χ2v) is 10.1. The van der Waals surface area contributed by atoms with Crippen molar-refractivity contribution < 1.29 is 24.4 Å². The number of aromatic hydroxyl groups is 2. The molecule has 0 saturated carbocycles. The molecule has 1 saturated heterocycles. The zero-order valence-electron chi connectivity index (χ0n) is 20.9. The van der Waals surface area contributed by atoms with E-state index in [9.17, 15) is 15.5 Å². The van der Waals surface area contributed by atoms with Gasteiger partial charge in [-0.25, -0.2) is 4.98 Å². The molecule has 0 unspecified atom stereocenters. The zero-order valence-corrected chi connectivity index (χ0v) is 21.7. The molecule has 38 heavy (non-hydrogen) atoms. The van der Waals surface area contributed by atoms with Crippen molar-refractivity contribution in [1.82, 2.24) is 9.55 Å². The van der Waals surface area contributed by atoms with E-state index in [-0.39, 0.29) is 24.5 Å². The maximum Gasteiger partial charge on any atom is 0.213 e. The molecule has 0 radical (unpaired) electrons. The topological polar surface area (TPSA) is 110 Å². The lowest BCUT2D eigenvalue weighted by Gasteiger charge is -2.31. The number of pyridine rings is 1. The predicted octanol–water partition coefficient (Wildman–Crippen LogP) is 5.68. The Kier molecular flexibility index (Phi) is 5.76. The van der Waals surface area contributed by atoms with E-state index in [4.69, 9.17) is 25.8 Å². The van der Waals surface area contributed by atoms with Crippen LogP contribution in [-0.2, 0) is 20.7 Å². The molecule has 2 bridgehead atoms. The lowest BCUT2D eigenvalue weighted by Crippen LogP contribution is -2.37. The molecule has 4 heterocycles. The number of methoxy groups -OCH3 is 1. The van der Waals surface area contributed by atoms with Crippen LogP contribution in [0.2, 0.25) is 5.02 Å². The summed E-state index contributed by atoms with van der Waals surface area (Å²) in [5.74, 6) is 0.237. The van der Waals surface area contributed by atoms with Crippen LogP contribution in [-0.4, -0.2) is 39.6 Å². The molecule has 2 aliphatic rings. The third-order valence-electron chi connectivity index (χ3n) is 7.94. The van der Waals surface area contributed by atoms with Crippen molar-refractivity contribution in [2.24, 2.45) is 0 Å². The molecule has 2 aromatic heterocycles. The summed E-state index contributed by atoms with van der Waals surface area (Å²) in [5.41, 5.74) is 0.298. The minimum atomic E-state index is -0.937. The molecular formula is C29H26ClN3O5. The Labute approximate surface area is 224 Å². The second kappa shape index (κ2) is 8.91. The highest BCUT2D eigenvalue weighted by Gasteiger charge is 2.67. The van der Waals surface area contributed by atoms with Crippen molar-refractivity contribution in [3.05, 3.63) is 76.4 Å². The standard InChI is InChI=1S/C29H26ClN3O5/c1-3-29-22(36-2)14-28(38-29,12-13-37-23-11-9-18(30)16-32-23)24-25(29)27(35)33(26(24)34)21-10-8-17(15-31)19-6-4-5-7-20(19)21/h4-11,16,22,34-35H,3,12-14H2,1-2H3/t22-,28+,29-/m1/s1. The molecule has 2 N–H and O–H groups in total. The van der Waals surface area contributed by atoms with Crippen LogP contribution in [0.1, 0.15) is 42.9 Å². The number of fused-ring (bicyclic) bond motifs is 6. The molecule has 0 aliphatic carbocycles. The van der Waals surface area contributed by atoms with Crippen LogP contribution < -0.4 is 4.74 Å². The average molecular weight is 532 g/mol. The molecule has 0 spiro atoms. The number of aromatic nitrogens is 2. The van der Waals surface area contributed by atoms with E-state index in [2.05, 4.69) is 11.1 Å². The van der Waals surface area contributed by atoms with Crippen LogP contribution in [0.3, 0.4) is 0 Å². The highest BCUT2D eigenvalue weighted by atomic mass is 35.5. The Balaban J connectivity index is 1.48. The van der Waals surface area contributed by atoms with Crippen LogP contribution in [0.4, 0.5) is 0 Å². The summed E-state index contributed by atoms with van der Waals surface area (Å²) in [6.07, 6.45) is 2.62. The summed E-state index contributed by atoms with van der Waals surface area (Å²) in [6.45, 7) is 2.24. The van der Waals surface area contributed by atoms with Gasteiger partial charge in [0, 0.05) is 43.0 Å². The number of halogens is 1. The molecule has 1 fully saturated rings. The van der Waals surface area contributed by atoms with Gasteiger partial charge in [-0.15, -0.1) is 0 Å². The molecule has 8 nitrogen and oxygen atoms in total. The fourth-order valence-corrected chi connectivity index (χ4v) is 6.38. The Bertz CT molecular complexity index is 1590. The van der Waals surface area contributed by atoms with Gasteiger partial charge in [0.25, 0.3) is 0 Å². The fourth-order valence-electron chi connectivity index (χ4n) is 6.27. The van der Waals surface area contributed by atoms with Gasteiger partial charge in [0.15, 0.2) is 0 Å². The van der Waals surface area contributed by atoms with Crippen LogP contribution >= 0.6 is 11.6 Å². The fraction of sp³-hybridized carbons (Fsp3) is 0.310. The summed E-state index contributed by atoms with van der Waals surface area (Å²) in [6, 6.07) is 16.5. The van der Waals surface area contributed by atoms with Gasteiger partial charge in [0.1, 0.15) is 11.2 Å². The molecule has 3 atom stereocenters. The number of rotatable bonds is 7. The Morgan fingerprint density at radius 1 is 1.13 bits per heavy atom. The Morgan fingerprint density at radius 2 is 1.89 bits per heavy atom. The lowest BCUT2D eigenvalue weighted by molar-refractivity contribution is -0.125. The minimum absolute atomic E-state index is 0.0955. The number of ether oxygens (including phenoxy) is 3. The van der Waals surface area contributed by atoms with Crippen LogP contribution in [0.15, 0.2) is 54.7 Å². The largest absolute Gasteiger partial charge is 0.494 e. The molecule has 9 heteroatoms. The maximum atomic E-state index is 11.7. The van der Waals surface area contributed by atoms with E-state index in [1.807, 2.05) is 31.2 Å². The number of hydrogen-bond acceptors (Lipinski definition) is 7. The smallest absolute Gasteiger partial charge is 0.213 e. The number of hydrogen-bond donors (Lipinski definition) is 2. The molecule has 194 valence electrons. The van der Waals surface area contributed by atoms with Gasteiger partial charge >= 0.3 is 0 Å². The number of nitriles is 1. The van der Waals surface area contributed by atoms with Crippen LogP contribution in [0.25, 0.3) is 16.5 Å². The summed E-state index contributed by atoms with van der Waals surface area (Å²) in [5, 5.41) is 35.0. The van der Waals surface area contributed by atoms with Gasteiger partial charge in [-0.1, -0.05) is 42.8 Å². The van der Waals surface area contributed by atoms with Crippen molar-refractivity contribution in [3.63, 3.8) is 0 Å². The molecule has 2 aliphatic heterocycles. The van der Waals surface area contributed by atoms with Crippen molar-refractivity contribution >= 4 is 22.4 Å². The van der Waals surface area contributed by atoms with E-state index < -0.39 is 11.2 Å². The average Bonchev–Trinajstić information content (AvgIpc) is 3.53. The summed E-state index contributed by atoms with van der Waals surface area (Å²) < 4.78 is 19.9. The minimum Gasteiger partial charge on any atom is -0.494 e. The van der Waals surface area contributed by atoms with Crippen molar-refractivity contribution in [1.29, 1.82) is 5.26 Å². The van der Waals surface area contributed by atoms with E-state index in [1.165, 1.54) is 10.8 Å². The van der Waals surface area contributed by atoms with Gasteiger partial charge in [-0.05, 0) is 24.6 Å².